The third kappa shape index (κ3) is 2.93. The van der Waals surface area contributed by atoms with E-state index in [9.17, 15) is 8.42 Å². The molecule has 0 atom stereocenters. The van der Waals surface area contributed by atoms with Gasteiger partial charge in [0.25, 0.3) is 0 Å². The minimum atomic E-state index is -3.49. The molecule has 0 fully saturated rings. The summed E-state index contributed by atoms with van der Waals surface area (Å²) in [7, 11) is -1.89. The summed E-state index contributed by atoms with van der Waals surface area (Å²) >= 11 is 1.55. The maximum Gasteiger partial charge on any atom is 0.243 e. The van der Waals surface area contributed by atoms with E-state index in [-0.39, 0.29) is 0 Å². The van der Waals surface area contributed by atoms with Crippen LogP contribution in [0.25, 0.3) is 0 Å². The lowest BCUT2D eigenvalue weighted by atomic mass is 10.1. The fraction of sp³-hybridized carbons (Fsp3) is 0.286. The fourth-order valence-electron chi connectivity index (χ4n) is 2.04. The summed E-state index contributed by atoms with van der Waals surface area (Å²) in [5.41, 5.74) is 7.23. The van der Waals surface area contributed by atoms with Crippen molar-refractivity contribution in [2.24, 2.45) is 5.73 Å². The van der Waals surface area contributed by atoms with Crippen LogP contribution in [0.15, 0.2) is 40.6 Å². The van der Waals surface area contributed by atoms with Gasteiger partial charge >= 0.3 is 0 Å². The van der Waals surface area contributed by atoms with E-state index < -0.39 is 10.0 Å². The van der Waals surface area contributed by atoms with Gasteiger partial charge in [-0.15, -0.1) is 11.3 Å². The van der Waals surface area contributed by atoms with Gasteiger partial charge in [0.2, 0.25) is 10.0 Å². The molecule has 2 N–H and O–H groups in total. The third-order valence-corrected chi connectivity index (χ3v) is 6.07. The van der Waals surface area contributed by atoms with Gasteiger partial charge in [-0.05, 0) is 35.6 Å². The second-order valence-corrected chi connectivity index (χ2v) is 7.63. The first-order valence-corrected chi connectivity index (χ1v) is 8.56. The lowest BCUT2D eigenvalue weighted by Gasteiger charge is -2.19. The van der Waals surface area contributed by atoms with Crippen molar-refractivity contribution in [2.45, 2.75) is 24.9 Å². The Hall–Kier alpha value is -1.21. The van der Waals surface area contributed by atoms with E-state index in [0.29, 0.717) is 18.0 Å². The van der Waals surface area contributed by atoms with E-state index in [1.807, 2.05) is 23.6 Å². The van der Waals surface area contributed by atoms with Crippen molar-refractivity contribution in [3.05, 3.63) is 51.7 Å². The molecule has 0 unspecified atom stereocenters. The minimum absolute atomic E-state index is 0.333. The van der Waals surface area contributed by atoms with Gasteiger partial charge in [0.05, 0.1) is 4.90 Å². The summed E-state index contributed by atoms with van der Waals surface area (Å²) in [6.07, 6.45) is 0. The predicted molar refractivity (Wildman–Crippen MR) is 82.0 cm³/mol. The molecular weight excluding hydrogens is 292 g/mol. The summed E-state index contributed by atoms with van der Waals surface area (Å²) in [5, 5.41) is 1.94. The van der Waals surface area contributed by atoms with E-state index in [2.05, 4.69) is 0 Å². The van der Waals surface area contributed by atoms with E-state index in [0.717, 1.165) is 16.0 Å². The molecule has 1 aromatic heterocycles. The van der Waals surface area contributed by atoms with E-state index in [4.69, 9.17) is 5.73 Å². The molecule has 20 heavy (non-hydrogen) atoms. The van der Waals surface area contributed by atoms with Crippen molar-refractivity contribution in [2.75, 3.05) is 7.05 Å². The van der Waals surface area contributed by atoms with Gasteiger partial charge in [0.15, 0.2) is 0 Å². The molecular formula is C14H18N2O2S2. The zero-order valence-corrected chi connectivity index (χ0v) is 13.2. The first kappa shape index (κ1) is 15.2. The number of benzene rings is 1. The average Bonchev–Trinajstić information content (AvgIpc) is 2.91. The van der Waals surface area contributed by atoms with Gasteiger partial charge in [-0.3, -0.25) is 0 Å². The number of sulfonamides is 1. The van der Waals surface area contributed by atoms with Crippen molar-refractivity contribution in [1.29, 1.82) is 0 Å². The summed E-state index contributed by atoms with van der Waals surface area (Å²) in [6, 6.07) is 9.07. The predicted octanol–water partition coefficient (Wildman–Crippen LogP) is 2.34. The van der Waals surface area contributed by atoms with E-state index in [1.54, 1.807) is 37.4 Å². The van der Waals surface area contributed by atoms with Crippen LogP contribution in [0.1, 0.15) is 16.0 Å². The molecule has 0 radical (unpaired) electrons. The fourth-order valence-corrected chi connectivity index (χ4v) is 4.29. The first-order valence-electron chi connectivity index (χ1n) is 6.24. The molecule has 0 aliphatic carbocycles. The standard InChI is InChI=1S/C14H18N2O2S2/c1-11-12(9-15)5-3-7-14(11)20(17,18)16(2)10-13-6-4-8-19-13/h3-8H,9-10,15H2,1-2H3. The van der Waals surface area contributed by atoms with Crippen LogP contribution in [0.2, 0.25) is 0 Å². The van der Waals surface area contributed by atoms with Crippen LogP contribution in [-0.2, 0) is 23.1 Å². The number of hydrogen-bond donors (Lipinski definition) is 1. The molecule has 0 saturated carbocycles. The number of hydrogen-bond acceptors (Lipinski definition) is 4. The van der Waals surface area contributed by atoms with Crippen LogP contribution < -0.4 is 5.73 Å². The van der Waals surface area contributed by atoms with Gasteiger partial charge in [-0.25, -0.2) is 8.42 Å². The normalized spacial score (nSPS) is 12.0. The summed E-state index contributed by atoms with van der Waals surface area (Å²) in [6.45, 7) is 2.52. The Morgan fingerprint density at radius 2 is 2.00 bits per heavy atom. The maximum absolute atomic E-state index is 12.6. The largest absolute Gasteiger partial charge is 0.326 e. The highest BCUT2D eigenvalue weighted by Gasteiger charge is 2.23. The zero-order chi connectivity index (χ0) is 14.8. The zero-order valence-electron chi connectivity index (χ0n) is 11.5. The lowest BCUT2D eigenvalue weighted by Crippen LogP contribution is -2.27. The number of nitrogens with zero attached hydrogens (tertiary/aromatic N) is 1. The van der Waals surface area contributed by atoms with Gasteiger partial charge < -0.3 is 5.73 Å². The Kier molecular flexibility index (Phi) is 4.59. The highest BCUT2D eigenvalue weighted by atomic mass is 32.2. The first-order chi connectivity index (χ1) is 9.46. The average molecular weight is 310 g/mol. The molecule has 0 bridgehead atoms. The van der Waals surface area contributed by atoms with Crippen molar-refractivity contribution < 1.29 is 8.42 Å². The number of nitrogens with two attached hydrogens (primary N) is 1. The second-order valence-electron chi connectivity index (χ2n) is 4.58. The number of rotatable bonds is 5. The molecule has 108 valence electrons. The lowest BCUT2D eigenvalue weighted by molar-refractivity contribution is 0.469. The maximum atomic E-state index is 12.6. The molecule has 1 aromatic carbocycles. The van der Waals surface area contributed by atoms with Crippen LogP contribution in [0.3, 0.4) is 0 Å². The minimum Gasteiger partial charge on any atom is -0.326 e. The Morgan fingerprint density at radius 3 is 2.60 bits per heavy atom. The number of thiophene rings is 1. The SMILES string of the molecule is Cc1c(CN)cccc1S(=O)(=O)N(C)Cc1cccs1. The summed E-state index contributed by atoms with van der Waals surface area (Å²) in [5.74, 6) is 0. The molecule has 0 aliphatic rings. The van der Waals surface area contributed by atoms with Gasteiger partial charge in [0.1, 0.15) is 0 Å². The van der Waals surface area contributed by atoms with Gasteiger partial charge in [0, 0.05) is 25.0 Å². The summed E-state index contributed by atoms with van der Waals surface area (Å²) < 4.78 is 26.7. The Labute approximate surface area is 123 Å². The van der Waals surface area contributed by atoms with Crippen LogP contribution in [0.5, 0.6) is 0 Å². The molecule has 0 saturated heterocycles. The Balaban J connectivity index is 2.35. The van der Waals surface area contributed by atoms with E-state index in [1.165, 1.54) is 4.31 Å². The molecule has 1 heterocycles. The smallest absolute Gasteiger partial charge is 0.243 e. The van der Waals surface area contributed by atoms with Crippen LogP contribution in [-0.4, -0.2) is 19.8 Å². The molecule has 0 aliphatic heterocycles. The quantitative estimate of drug-likeness (QED) is 0.922. The Bertz CT molecular complexity index is 679. The highest BCUT2D eigenvalue weighted by molar-refractivity contribution is 7.89. The highest BCUT2D eigenvalue weighted by Crippen LogP contribution is 2.23. The van der Waals surface area contributed by atoms with Crippen LogP contribution in [0.4, 0.5) is 0 Å². The molecule has 6 heteroatoms. The van der Waals surface area contributed by atoms with E-state index >= 15 is 0 Å². The monoisotopic (exact) mass is 310 g/mol. The van der Waals surface area contributed by atoms with Crippen LogP contribution >= 0.6 is 11.3 Å². The van der Waals surface area contributed by atoms with Crippen LogP contribution in [0, 0.1) is 6.92 Å². The summed E-state index contributed by atoms with van der Waals surface area (Å²) in [4.78, 5) is 1.35. The molecule has 0 spiro atoms. The van der Waals surface area contributed by atoms with Crippen molar-refractivity contribution in [3.63, 3.8) is 0 Å². The second kappa shape index (κ2) is 6.05. The van der Waals surface area contributed by atoms with Gasteiger partial charge in [-0.1, -0.05) is 18.2 Å². The van der Waals surface area contributed by atoms with Crippen molar-refractivity contribution in [1.82, 2.24) is 4.31 Å². The van der Waals surface area contributed by atoms with Crippen molar-refractivity contribution >= 4 is 21.4 Å². The molecule has 2 rings (SSSR count). The molecule has 0 amide bonds. The van der Waals surface area contributed by atoms with Gasteiger partial charge in [-0.2, -0.15) is 4.31 Å². The third-order valence-electron chi connectivity index (χ3n) is 3.26. The Morgan fingerprint density at radius 1 is 1.25 bits per heavy atom. The van der Waals surface area contributed by atoms with Crippen molar-refractivity contribution in [3.8, 4) is 0 Å². The topological polar surface area (TPSA) is 63.4 Å². The molecule has 2 aromatic rings. The molecule has 4 nitrogen and oxygen atoms in total.